The van der Waals surface area contributed by atoms with Crippen LogP contribution in [-0.4, -0.2) is 46.0 Å². The predicted molar refractivity (Wildman–Crippen MR) is 94.4 cm³/mol. The number of hydrogen-bond acceptors (Lipinski definition) is 6. The van der Waals surface area contributed by atoms with Gasteiger partial charge in [0.2, 0.25) is 10.0 Å². The number of hydrogen-bond donors (Lipinski definition) is 1. The number of nitrogens with one attached hydrogen (secondary N) is 1. The highest BCUT2D eigenvalue weighted by Gasteiger charge is 2.31. The third kappa shape index (κ3) is 6.41. The first-order valence-corrected chi connectivity index (χ1v) is 11.3. The zero-order valence-electron chi connectivity index (χ0n) is 14.5. The molecule has 2 rings (SSSR count). The lowest BCUT2D eigenvalue weighted by molar-refractivity contribution is 0.0356. The van der Waals surface area contributed by atoms with E-state index in [-0.39, 0.29) is 29.2 Å². The number of benzene rings is 1. The topological polar surface area (TPSA) is 107 Å². The van der Waals surface area contributed by atoms with E-state index in [2.05, 4.69) is 4.72 Å². The van der Waals surface area contributed by atoms with Gasteiger partial charge in [0.25, 0.3) is 0 Å². The molecule has 0 aliphatic carbocycles. The van der Waals surface area contributed by atoms with Crippen molar-refractivity contribution in [2.45, 2.75) is 44.6 Å². The average Bonchev–Trinajstić information content (AvgIpc) is 2.74. The van der Waals surface area contributed by atoms with Gasteiger partial charge in [-0.2, -0.15) is 0 Å². The molecule has 1 fully saturated rings. The molecule has 1 aromatic rings. The lowest BCUT2D eigenvalue weighted by Crippen LogP contribution is -2.41. The summed E-state index contributed by atoms with van der Waals surface area (Å²) in [6.07, 6.45) is -0.357. The van der Waals surface area contributed by atoms with Gasteiger partial charge in [-0.25, -0.2) is 26.4 Å². The Bertz CT molecular complexity index is 853. The van der Waals surface area contributed by atoms with Crippen molar-refractivity contribution in [3.05, 3.63) is 35.4 Å². The Kier molecular flexibility index (Phi) is 5.60. The van der Waals surface area contributed by atoms with Gasteiger partial charge in [-0.15, -0.1) is 0 Å². The first-order chi connectivity index (χ1) is 11.4. The van der Waals surface area contributed by atoms with Crippen LogP contribution in [0.15, 0.2) is 24.3 Å². The van der Waals surface area contributed by atoms with Crippen molar-refractivity contribution >= 4 is 25.8 Å². The van der Waals surface area contributed by atoms with E-state index >= 15 is 0 Å². The van der Waals surface area contributed by atoms with Crippen LogP contribution in [0, 0.1) is 0 Å². The van der Waals surface area contributed by atoms with Gasteiger partial charge in [0.05, 0.1) is 22.8 Å². The first-order valence-electron chi connectivity index (χ1n) is 7.87. The molecule has 0 aromatic heterocycles. The second kappa shape index (κ2) is 7.05. The molecule has 1 aliphatic heterocycles. The van der Waals surface area contributed by atoms with Crippen LogP contribution in [0.5, 0.6) is 0 Å². The zero-order chi connectivity index (χ0) is 18.9. The van der Waals surface area contributed by atoms with Gasteiger partial charge in [-0.05, 0) is 44.9 Å². The second-order valence-electron chi connectivity index (χ2n) is 7.24. The van der Waals surface area contributed by atoms with Crippen molar-refractivity contribution in [1.82, 2.24) is 4.72 Å². The van der Waals surface area contributed by atoms with Crippen LogP contribution in [0.3, 0.4) is 0 Å². The van der Waals surface area contributed by atoms with Crippen molar-refractivity contribution in [3.63, 3.8) is 0 Å². The van der Waals surface area contributed by atoms with Crippen LogP contribution >= 0.6 is 0 Å². The predicted octanol–water partition coefficient (Wildman–Crippen LogP) is 1.25. The van der Waals surface area contributed by atoms with Crippen molar-refractivity contribution in [2.75, 3.05) is 11.5 Å². The first kappa shape index (κ1) is 19.9. The Balaban J connectivity index is 2.07. The molecule has 0 radical (unpaired) electrons. The van der Waals surface area contributed by atoms with Crippen molar-refractivity contribution < 1.29 is 26.4 Å². The Hall–Kier alpha value is -1.45. The van der Waals surface area contributed by atoms with Gasteiger partial charge < -0.3 is 4.74 Å². The molecule has 0 saturated carbocycles. The molecule has 1 aliphatic rings. The highest BCUT2D eigenvalue weighted by molar-refractivity contribution is 7.91. The summed E-state index contributed by atoms with van der Waals surface area (Å²) in [6, 6.07) is 6.15. The smallest absolute Gasteiger partial charge is 0.338 e. The maximum atomic E-state index is 12.2. The summed E-state index contributed by atoms with van der Waals surface area (Å²) < 4.78 is 54.9. The van der Waals surface area contributed by atoms with Crippen LogP contribution in [0.1, 0.15) is 43.1 Å². The summed E-state index contributed by atoms with van der Waals surface area (Å²) in [5, 5.41) is 0. The maximum Gasteiger partial charge on any atom is 0.338 e. The molecule has 25 heavy (non-hydrogen) atoms. The monoisotopic (exact) mass is 389 g/mol. The third-order valence-electron chi connectivity index (χ3n) is 3.45. The van der Waals surface area contributed by atoms with Crippen molar-refractivity contribution in [2.24, 2.45) is 0 Å². The van der Waals surface area contributed by atoms with Gasteiger partial charge in [0.15, 0.2) is 9.84 Å². The molecule has 1 unspecified atom stereocenters. The molecular formula is C16H23NO6S2. The quantitative estimate of drug-likeness (QED) is 0.760. The van der Waals surface area contributed by atoms with Gasteiger partial charge in [-0.3, -0.25) is 0 Å². The van der Waals surface area contributed by atoms with E-state index in [0.29, 0.717) is 5.56 Å². The number of carbonyl (C=O) groups is 1. The van der Waals surface area contributed by atoms with Gasteiger partial charge in [0.1, 0.15) is 6.10 Å². The van der Waals surface area contributed by atoms with Gasteiger partial charge >= 0.3 is 5.97 Å². The molecule has 1 aromatic carbocycles. The van der Waals surface area contributed by atoms with Crippen LogP contribution in [0.4, 0.5) is 0 Å². The van der Waals surface area contributed by atoms with Crippen molar-refractivity contribution in [3.8, 4) is 0 Å². The third-order valence-corrected chi connectivity index (χ3v) is 6.82. The standard InChI is InChI=1S/C16H23NO6S2/c1-16(2,3)17-25(21,22)10-12-5-4-6-13(9-12)15(18)23-14-7-8-24(19,20)11-14/h4-6,9,14,17H,7-8,10-11H2,1-3H3. The van der Waals surface area contributed by atoms with Crippen molar-refractivity contribution in [1.29, 1.82) is 0 Å². The molecular weight excluding hydrogens is 366 g/mol. The van der Waals surface area contributed by atoms with E-state index in [1.54, 1.807) is 32.9 Å². The molecule has 1 atom stereocenters. The summed E-state index contributed by atoms with van der Waals surface area (Å²) in [6.45, 7) is 5.23. The minimum atomic E-state index is -3.55. The summed E-state index contributed by atoms with van der Waals surface area (Å²) in [7, 11) is -6.69. The number of sulfone groups is 1. The fourth-order valence-electron chi connectivity index (χ4n) is 2.58. The number of rotatable bonds is 5. The molecule has 1 heterocycles. The number of carbonyl (C=O) groups excluding carboxylic acids is 1. The Morgan fingerprint density at radius 3 is 2.56 bits per heavy atom. The molecule has 0 bridgehead atoms. The van der Waals surface area contributed by atoms with Crippen LogP contribution < -0.4 is 4.72 Å². The fourth-order valence-corrected chi connectivity index (χ4v) is 5.80. The minimum Gasteiger partial charge on any atom is -0.458 e. The summed E-state index contributed by atoms with van der Waals surface area (Å²) >= 11 is 0. The highest BCUT2D eigenvalue weighted by Crippen LogP contribution is 2.18. The van der Waals surface area contributed by atoms with E-state index in [0.717, 1.165) is 0 Å². The van der Waals surface area contributed by atoms with Crippen LogP contribution in [0.2, 0.25) is 0 Å². The summed E-state index contributed by atoms with van der Waals surface area (Å²) in [5.74, 6) is -1.06. The molecule has 0 amide bonds. The molecule has 9 heteroatoms. The van der Waals surface area contributed by atoms with E-state index in [1.807, 2.05) is 0 Å². The van der Waals surface area contributed by atoms with E-state index < -0.39 is 37.5 Å². The second-order valence-corrected chi connectivity index (χ2v) is 11.2. The fraction of sp³-hybridized carbons (Fsp3) is 0.562. The van der Waals surface area contributed by atoms with E-state index in [9.17, 15) is 21.6 Å². The molecule has 7 nitrogen and oxygen atoms in total. The SMILES string of the molecule is CC(C)(C)NS(=O)(=O)Cc1cccc(C(=O)OC2CCS(=O)(=O)C2)c1. The molecule has 140 valence electrons. The van der Waals surface area contributed by atoms with Gasteiger partial charge in [-0.1, -0.05) is 12.1 Å². The van der Waals surface area contributed by atoms with Crippen LogP contribution in [-0.2, 0) is 30.4 Å². The Labute approximate surface area is 148 Å². The summed E-state index contributed by atoms with van der Waals surface area (Å²) in [4.78, 5) is 12.2. The number of sulfonamides is 1. The maximum absolute atomic E-state index is 12.2. The van der Waals surface area contributed by atoms with Crippen LogP contribution in [0.25, 0.3) is 0 Å². The Morgan fingerprint density at radius 1 is 1.32 bits per heavy atom. The zero-order valence-corrected chi connectivity index (χ0v) is 16.1. The van der Waals surface area contributed by atoms with E-state index in [1.165, 1.54) is 12.1 Å². The lowest BCUT2D eigenvalue weighted by Gasteiger charge is -2.20. The lowest BCUT2D eigenvalue weighted by atomic mass is 10.1. The largest absolute Gasteiger partial charge is 0.458 e. The normalized spacial score (nSPS) is 20.4. The minimum absolute atomic E-state index is 0.0156. The molecule has 0 spiro atoms. The number of ether oxygens (including phenoxy) is 1. The summed E-state index contributed by atoms with van der Waals surface area (Å²) in [5.41, 5.74) is 0.0570. The van der Waals surface area contributed by atoms with Gasteiger partial charge in [0, 0.05) is 5.54 Å². The average molecular weight is 389 g/mol. The van der Waals surface area contributed by atoms with E-state index in [4.69, 9.17) is 4.74 Å². The highest BCUT2D eigenvalue weighted by atomic mass is 32.2. The Morgan fingerprint density at radius 2 is 2.00 bits per heavy atom. The molecule has 1 saturated heterocycles. The number of esters is 1. The molecule has 1 N–H and O–H groups in total.